The van der Waals surface area contributed by atoms with E-state index in [1.807, 2.05) is 60.7 Å². The van der Waals surface area contributed by atoms with Gasteiger partial charge in [-0.2, -0.15) is 0 Å². The van der Waals surface area contributed by atoms with Crippen LogP contribution in [0.1, 0.15) is 126 Å². The molecule has 17 nitrogen and oxygen atoms in total. The van der Waals surface area contributed by atoms with Gasteiger partial charge in [0, 0.05) is 32.7 Å². The summed E-state index contributed by atoms with van der Waals surface area (Å²) in [5, 5.41) is 8.74. The molecule has 2 rings (SSSR count). The number of esters is 4. The fourth-order valence-electron chi connectivity index (χ4n) is 4.67. The number of carbonyl (C=O) groups excluding carboxylic acids is 6. The summed E-state index contributed by atoms with van der Waals surface area (Å²) >= 11 is 0. The van der Waals surface area contributed by atoms with Crippen LogP contribution < -0.4 is 5.73 Å². The van der Waals surface area contributed by atoms with Crippen LogP contribution in [-0.2, 0) is 65.6 Å². The summed E-state index contributed by atoms with van der Waals surface area (Å²) in [6.45, 7) is 22.1. The van der Waals surface area contributed by atoms with E-state index in [1.54, 1.807) is 83.1 Å². The summed E-state index contributed by atoms with van der Waals surface area (Å²) in [5.74, 6) is -2.56. The molecule has 17 heteroatoms. The van der Waals surface area contributed by atoms with Crippen LogP contribution >= 0.6 is 0 Å². The highest BCUT2D eigenvalue weighted by Gasteiger charge is 2.26. The molecule has 0 aliphatic rings. The molecule has 2 aromatic carbocycles. The molecular weight excluding hydrogens is 831 g/mol. The number of aliphatic carboxylic acids is 1. The largest absolute Gasteiger partial charge is 0.481 e. The molecule has 2 aromatic rings. The highest BCUT2D eigenvalue weighted by Crippen LogP contribution is 2.15. The second-order valence-electron chi connectivity index (χ2n) is 18.3. The van der Waals surface area contributed by atoms with Crippen molar-refractivity contribution in [2.75, 3.05) is 32.7 Å². The molecule has 0 radical (unpaired) electrons. The zero-order valence-electron chi connectivity index (χ0n) is 40.0. The van der Waals surface area contributed by atoms with Gasteiger partial charge < -0.3 is 49.1 Å². The number of rotatable bonds is 18. The molecule has 0 aliphatic carbocycles. The molecule has 0 saturated carbocycles. The molecule has 0 spiro atoms. The van der Waals surface area contributed by atoms with E-state index in [2.05, 4.69) is 0 Å². The third kappa shape index (κ3) is 33.9. The molecule has 3 N–H and O–H groups in total. The maximum absolute atomic E-state index is 12.4. The van der Waals surface area contributed by atoms with E-state index >= 15 is 0 Å². The monoisotopic (exact) mass is 904 g/mol. The minimum atomic E-state index is -1.02. The highest BCUT2D eigenvalue weighted by atomic mass is 16.6. The Morgan fingerprint density at radius 1 is 0.453 bits per heavy atom. The third-order valence-electron chi connectivity index (χ3n) is 7.33. The van der Waals surface area contributed by atoms with Crippen LogP contribution in [0.3, 0.4) is 0 Å². The van der Waals surface area contributed by atoms with Crippen molar-refractivity contribution in [3.05, 3.63) is 71.8 Å². The van der Waals surface area contributed by atoms with Gasteiger partial charge in [-0.05, 0) is 94.2 Å². The number of amides is 2. The van der Waals surface area contributed by atoms with Crippen molar-refractivity contribution >= 4 is 42.0 Å². The Balaban J connectivity index is 0.000000998. The Labute approximate surface area is 379 Å². The first-order valence-corrected chi connectivity index (χ1v) is 21.2. The maximum Gasteiger partial charge on any atom is 0.410 e. The molecule has 0 fully saturated rings. The number of carbonyl (C=O) groups is 7. The highest BCUT2D eigenvalue weighted by molar-refractivity contribution is 5.75. The first-order valence-electron chi connectivity index (χ1n) is 21.2. The fraction of sp³-hybridized carbons (Fsp3) is 0.596. The molecule has 360 valence electrons. The van der Waals surface area contributed by atoms with Gasteiger partial charge in [-0.25, -0.2) is 9.59 Å². The van der Waals surface area contributed by atoms with Gasteiger partial charge >= 0.3 is 42.0 Å². The summed E-state index contributed by atoms with van der Waals surface area (Å²) in [6, 6.07) is 18.9. The second-order valence-corrected chi connectivity index (χ2v) is 18.3. The molecule has 0 unspecified atom stereocenters. The van der Waals surface area contributed by atoms with E-state index in [0.29, 0.717) is 13.2 Å². The van der Waals surface area contributed by atoms with Crippen LogP contribution in [0.5, 0.6) is 0 Å². The van der Waals surface area contributed by atoms with Crippen LogP contribution in [0.4, 0.5) is 9.59 Å². The topological polar surface area (TPSA) is 228 Å². The first kappa shape index (κ1) is 58.3. The number of carboxylic acid groups (broad SMARTS) is 1. The molecule has 0 aromatic heterocycles. The summed E-state index contributed by atoms with van der Waals surface area (Å²) < 4.78 is 31.2. The number of hydrogen-bond acceptors (Lipinski definition) is 14. The Kier molecular flexibility index (Phi) is 26.3. The van der Waals surface area contributed by atoms with Gasteiger partial charge in [0.2, 0.25) is 0 Å². The molecule has 0 saturated heterocycles. The van der Waals surface area contributed by atoms with Crippen LogP contribution in [0.25, 0.3) is 0 Å². The quantitative estimate of drug-likeness (QED) is 0.108. The van der Waals surface area contributed by atoms with Gasteiger partial charge in [-0.1, -0.05) is 60.7 Å². The van der Waals surface area contributed by atoms with E-state index in [4.69, 9.17) is 39.3 Å². The Bertz CT molecular complexity index is 1730. The van der Waals surface area contributed by atoms with Gasteiger partial charge in [0.15, 0.2) is 0 Å². The lowest BCUT2D eigenvalue weighted by atomic mass is 10.2. The van der Waals surface area contributed by atoms with Crippen molar-refractivity contribution in [1.29, 1.82) is 0 Å². The Morgan fingerprint density at radius 2 is 0.750 bits per heavy atom. The van der Waals surface area contributed by atoms with E-state index in [0.717, 1.165) is 11.1 Å². The standard InChI is InChI=1S/C22H33NO6.C15H27NO6.C10H13NO2/c1-21(2,3)28-19(25)13-15-23(20(26)29-22(4,5)6)14-12-18(24)27-16-17-10-8-7-9-11-17;1-14(2,3)21-12(19)8-10-16(9-7-11(17)18)13(20)22-15(4,5)6;11-7-6-10(12)13-8-9-4-2-1-3-5-9/h7-11H,12-16H2,1-6H3;7-10H2,1-6H3,(H,17,18);1-5H,6-8,11H2. The lowest BCUT2D eigenvalue weighted by molar-refractivity contribution is -0.156. The van der Waals surface area contributed by atoms with Crippen LogP contribution in [-0.4, -0.2) is 112 Å². The van der Waals surface area contributed by atoms with Crippen molar-refractivity contribution in [1.82, 2.24) is 9.80 Å². The SMILES string of the molecule is CC(C)(C)OC(=O)CCN(CCC(=O)O)C(=O)OC(C)(C)C.CC(C)(C)OC(=O)CCN(CCC(=O)OCc1ccccc1)C(=O)OC(C)(C)C.NCCC(=O)OCc1ccccc1. The molecule has 0 bridgehead atoms. The summed E-state index contributed by atoms with van der Waals surface area (Å²) in [5.41, 5.74) is 4.50. The van der Waals surface area contributed by atoms with Gasteiger partial charge in [0.05, 0.1) is 32.1 Å². The minimum Gasteiger partial charge on any atom is -0.481 e. The number of nitrogens with two attached hydrogens (primary N) is 1. The molecule has 64 heavy (non-hydrogen) atoms. The van der Waals surface area contributed by atoms with Crippen LogP contribution in [0.15, 0.2) is 60.7 Å². The molecule has 2 amide bonds. The first-order chi connectivity index (χ1) is 29.5. The lowest BCUT2D eigenvalue weighted by Crippen LogP contribution is -2.39. The summed E-state index contributed by atoms with van der Waals surface area (Å²) in [4.78, 5) is 84.3. The van der Waals surface area contributed by atoms with Gasteiger partial charge in [0.1, 0.15) is 35.6 Å². The van der Waals surface area contributed by atoms with Crippen molar-refractivity contribution in [3.63, 3.8) is 0 Å². The van der Waals surface area contributed by atoms with Gasteiger partial charge in [-0.3, -0.25) is 24.0 Å². The van der Waals surface area contributed by atoms with Crippen molar-refractivity contribution in [3.8, 4) is 0 Å². The number of benzene rings is 2. The Hall–Kier alpha value is -5.71. The average molecular weight is 904 g/mol. The summed E-state index contributed by atoms with van der Waals surface area (Å²) in [6.07, 6.45) is -1.17. The van der Waals surface area contributed by atoms with E-state index < -0.39 is 58.5 Å². The molecular formula is C47H73N3O14. The predicted molar refractivity (Wildman–Crippen MR) is 240 cm³/mol. The average Bonchev–Trinajstić information content (AvgIpc) is 3.15. The van der Waals surface area contributed by atoms with E-state index in [1.165, 1.54) is 9.80 Å². The number of ether oxygens (including phenoxy) is 6. The van der Waals surface area contributed by atoms with Gasteiger partial charge in [-0.15, -0.1) is 0 Å². The molecule has 0 aliphatic heterocycles. The normalized spacial score (nSPS) is 11.2. The van der Waals surface area contributed by atoms with Crippen LogP contribution in [0.2, 0.25) is 0 Å². The smallest absolute Gasteiger partial charge is 0.410 e. The van der Waals surface area contributed by atoms with Crippen molar-refractivity contribution in [2.45, 2.75) is 151 Å². The fourth-order valence-corrected chi connectivity index (χ4v) is 4.67. The van der Waals surface area contributed by atoms with Crippen LogP contribution in [0, 0.1) is 0 Å². The number of carboxylic acids is 1. The predicted octanol–water partition coefficient (Wildman–Crippen LogP) is 7.60. The van der Waals surface area contributed by atoms with Crippen molar-refractivity contribution < 1.29 is 67.1 Å². The molecule has 0 atom stereocenters. The zero-order valence-corrected chi connectivity index (χ0v) is 40.0. The minimum absolute atomic E-state index is 0.000392. The molecule has 0 heterocycles. The number of nitrogens with zero attached hydrogens (tertiary/aromatic N) is 2. The second kappa shape index (κ2) is 28.9. The van der Waals surface area contributed by atoms with E-state index in [9.17, 15) is 33.6 Å². The lowest BCUT2D eigenvalue weighted by Gasteiger charge is -2.27. The Morgan fingerprint density at radius 3 is 1.05 bits per heavy atom. The van der Waals surface area contributed by atoms with E-state index in [-0.39, 0.29) is 70.9 Å². The zero-order chi connectivity index (χ0) is 49.1. The van der Waals surface area contributed by atoms with Crippen molar-refractivity contribution in [2.24, 2.45) is 5.73 Å². The van der Waals surface area contributed by atoms with Gasteiger partial charge in [0.25, 0.3) is 0 Å². The number of hydrogen-bond donors (Lipinski definition) is 2. The maximum atomic E-state index is 12.4. The summed E-state index contributed by atoms with van der Waals surface area (Å²) in [7, 11) is 0. The third-order valence-corrected chi connectivity index (χ3v) is 7.33.